The van der Waals surface area contributed by atoms with Gasteiger partial charge in [-0.2, -0.15) is 0 Å². The number of aliphatic hydroxyl groups is 1. The third-order valence-corrected chi connectivity index (χ3v) is 2.98. The van der Waals surface area contributed by atoms with Crippen molar-refractivity contribution in [3.63, 3.8) is 0 Å². The number of nitrogens with zero attached hydrogens (tertiary/aromatic N) is 1. The van der Waals surface area contributed by atoms with Crippen LogP contribution in [0.3, 0.4) is 0 Å². The molecule has 88 valence electrons. The fourth-order valence-corrected chi connectivity index (χ4v) is 1.88. The van der Waals surface area contributed by atoms with Crippen molar-refractivity contribution in [2.24, 2.45) is 0 Å². The standard InChI is InChI=1S/C11H15ClN2O2/c12-10-7-9(1-4-13-10)14-8-11(15)2-5-16-6-3-11/h1,4,7,15H,2-3,5-6,8H2,(H,13,14). The number of pyridine rings is 1. The molecule has 5 heteroatoms. The molecule has 0 saturated carbocycles. The zero-order valence-corrected chi connectivity index (χ0v) is 9.70. The number of halogens is 1. The van der Waals surface area contributed by atoms with E-state index >= 15 is 0 Å². The Bertz CT molecular complexity index is 354. The van der Waals surface area contributed by atoms with Crippen molar-refractivity contribution in [1.82, 2.24) is 4.98 Å². The van der Waals surface area contributed by atoms with Crippen LogP contribution in [0.4, 0.5) is 5.69 Å². The van der Waals surface area contributed by atoms with Crippen molar-refractivity contribution >= 4 is 17.3 Å². The molecule has 16 heavy (non-hydrogen) atoms. The molecular formula is C11H15ClN2O2. The minimum atomic E-state index is -0.673. The van der Waals surface area contributed by atoms with Crippen LogP contribution < -0.4 is 5.32 Å². The van der Waals surface area contributed by atoms with E-state index in [9.17, 15) is 5.11 Å². The molecule has 0 bridgehead atoms. The third-order valence-electron chi connectivity index (χ3n) is 2.77. The van der Waals surface area contributed by atoms with E-state index in [1.807, 2.05) is 6.07 Å². The monoisotopic (exact) mass is 242 g/mol. The van der Waals surface area contributed by atoms with Gasteiger partial charge in [-0.05, 0) is 12.1 Å². The summed E-state index contributed by atoms with van der Waals surface area (Å²) < 4.78 is 5.22. The van der Waals surface area contributed by atoms with Gasteiger partial charge in [0.25, 0.3) is 0 Å². The smallest absolute Gasteiger partial charge is 0.131 e. The Morgan fingerprint density at radius 3 is 2.94 bits per heavy atom. The molecule has 1 aliphatic heterocycles. The summed E-state index contributed by atoms with van der Waals surface area (Å²) >= 11 is 5.77. The van der Waals surface area contributed by atoms with Gasteiger partial charge in [0.2, 0.25) is 0 Å². The molecule has 1 saturated heterocycles. The largest absolute Gasteiger partial charge is 0.388 e. The molecule has 1 aromatic heterocycles. The maximum atomic E-state index is 10.2. The van der Waals surface area contributed by atoms with E-state index in [-0.39, 0.29) is 0 Å². The number of nitrogens with one attached hydrogen (secondary N) is 1. The lowest BCUT2D eigenvalue weighted by Crippen LogP contribution is -2.42. The molecule has 4 nitrogen and oxygen atoms in total. The molecule has 0 radical (unpaired) electrons. The molecule has 0 spiro atoms. The summed E-state index contributed by atoms with van der Waals surface area (Å²) in [6, 6.07) is 3.57. The zero-order chi connectivity index (χ0) is 11.4. The molecule has 1 fully saturated rings. The molecule has 2 rings (SSSR count). The van der Waals surface area contributed by atoms with Crippen LogP contribution in [0.2, 0.25) is 5.15 Å². The highest BCUT2D eigenvalue weighted by molar-refractivity contribution is 6.29. The Morgan fingerprint density at radius 2 is 2.25 bits per heavy atom. The Labute approximate surface area is 99.6 Å². The lowest BCUT2D eigenvalue weighted by atomic mass is 9.94. The molecule has 2 N–H and O–H groups in total. The van der Waals surface area contributed by atoms with Gasteiger partial charge in [0.15, 0.2) is 0 Å². The van der Waals surface area contributed by atoms with E-state index in [0.29, 0.717) is 37.8 Å². The molecule has 2 heterocycles. The Kier molecular flexibility index (Phi) is 3.63. The van der Waals surface area contributed by atoms with Crippen molar-refractivity contribution in [3.05, 3.63) is 23.5 Å². The predicted molar refractivity (Wildman–Crippen MR) is 62.7 cm³/mol. The summed E-state index contributed by atoms with van der Waals surface area (Å²) in [5, 5.41) is 13.8. The Morgan fingerprint density at radius 1 is 1.50 bits per heavy atom. The summed E-state index contributed by atoms with van der Waals surface area (Å²) in [6.07, 6.45) is 2.97. The Hall–Kier alpha value is -0.840. The van der Waals surface area contributed by atoms with E-state index in [2.05, 4.69) is 10.3 Å². The zero-order valence-electron chi connectivity index (χ0n) is 8.95. The van der Waals surface area contributed by atoms with Gasteiger partial charge in [-0.15, -0.1) is 0 Å². The van der Waals surface area contributed by atoms with Crippen molar-refractivity contribution in [1.29, 1.82) is 0 Å². The van der Waals surface area contributed by atoms with Crippen LogP contribution in [-0.2, 0) is 4.74 Å². The van der Waals surface area contributed by atoms with Crippen LogP contribution >= 0.6 is 11.6 Å². The first-order chi connectivity index (χ1) is 7.68. The van der Waals surface area contributed by atoms with Crippen LogP contribution in [0, 0.1) is 0 Å². The van der Waals surface area contributed by atoms with Crippen molar-refractivity contribution < 1.29 is 9.84 Å². The second kappa shape index (κ2) is 4.99. The van der Waals surface area contributed by atoms with Gasteiger partial charge in [-0.25, -0.2) is 4.98 Å². The van der Waals surface area contributed by atoms with Gasteiger partial charge in [0.1, 0.15) is 5.15 Å². The molecule has 1 aliphatic rings. The number of hydrogen-bond acceptors (Lipinski definition) is 4. The second-order valence-electron chi connectivity index (χ2n) is 4.06. The first-order valence-electron chi connectivity index (χ1n) is 5.34. The van der Waals surface area contributed by atoms with Gasteiger partial charge in [-0.1, -0.05) is 11.6 Å². The highest BCUT2D eigenvalue weighted by Gasteiger charge is 2.29. The van der Waals surface area contributed by atoms with Gasteiger partial charge < -0.3 is 15.2 Å². The average Bonchev–Trinajstić information content (AvgIpc) is 2.28. The normalized spacial score (nSPS) is 19.4. The predicted octanol–water partition coefficient (Wildman–Crippen LogP) is 1.69. The highest BCUT2D eigenvalue weighted by Crippen LogP contribution is 2.21. The lowest BCUT2D eigenvalue weighted by molar-refractivity contribution is -0.0543. The average molecular weight is 243 g/mol. The number of anilines is 1. The molecule has 0 amide bonds. The third kappa shape index (κ3) is 3.07. The maximum Gasteiger partial charge on any atom is 0.131 e. The molecule has 0 aromatic carbocycles. The van der Waals surface area contributed by atoms with Crippen LogP contribution in [-0.4, -0.2) is 35.5 Å². The first-order valence-corrected chi connectivity index (χ1v) is 5.71. The summed E-state index contributed by atoms with van der Waals surface area (Å²) in [5.41, 5.74) is 0.202. The first kappa shape index (κ1) is 11.6. The van der Waals surface area contributed by atoms with Crippen LogP contribution in [0.5, 0.6) is 0 Å². The maximum absolute atomic E-state index is 10.2. The van der Waals surface area contributed by atoms with Crippen molar-refractivity contribution in [2.75, 3.05) is 25.1 Å². The minimum absolute atomic E-state index is 0.448. The lowest BCUT2D eigenvalue weighted by Gasteiger charge is -2.32. The quantitative estimate of drug-likeness (QED) is 0.792. The fraction of sp³-hybridized carbons (Fsp3) is 0.545. The number of aromatic nitrogens is 1. The van der Waals surface area contributed by atoms with Gasteiger partial charge in [-0.3, -0.25) is 0 Å². The summed E-state index contributed by atoms with van der Waals surface area (Å²) in [7, 11) is 0. The van der Waals surface area contributed by atoms with E-state index in [4.69, 9.17) is 16.3 Å². The fourth-order valence-electron chi connectivity index (χ4n) is 1.71. The minimum Gasteiger partial charge on any atom is -0.388 e. The van der Waals surface area contributed by atoms with E-state index in [0.717, 1.165) is 5.69 Å². The van der Waals surface area contributed by atoms with Crippen LogP contribution in [0.15, 0.2) is 18.3 Å². The van der Waals surface area contributed by atoms with Gasteiger partial charge >= 0.3 is 0 Å². The summed E-state index contributed by atoms with van der Waals surface area (Å²) in [5.74, 6) is 0. The molecular weight excluding hydrogens is 228 g/mol. The summed E-state index contributed by atoms with van der Waals surface area (Å²) in [4.78, 5) is 3.89. The SMILES string of the molecule is OC1(CNc2ccnc(Cl)c2)CCOCC1. The van der Waals surface area contributed by atoms with E-state index < -0.39 is 5.60 Å². The van der Waals surface area contributed by atoms with Gasteiger partial charge in [0, 0.05) is 44.5 Å². The van der Waals surface area contributed by atoms with Crippen LogP contribution in [0.1, 0.15) is 12.8 Å². The number of rotatable bonds is 3. The van der Waals surface area contributed by atoms with Gasteiger partial charge in [0.05, 0.1) is 5.60 Å². The van der Waals surface area contributed by atoms with Crippen LogP contribution in [0.25, 0.3) is 0 Å². The second-order valence-corrected chi connectivity index (χ2v) is 4.44. The van der Waals surface area contributed by atoms with E-state index in [1.165, 1.54) is 0 Å². The molecule has 0 unspecified atom stereocenters. The Balaban J connectivity index is 1.91. The van der Waals surface area contributed by atoms with Crippen molar-refractivity contribution in [3.8, 4) is 0 Å². The molecule has 0 atom stereocenters. The van der Waals surface area contributed by atoms with Crippen molar-refractivity contribution in [2.45, 2.75) is 18.4 Å². The number of ether oxygens (including phenoxy) is 1. The topological polar surface area (TPSA) is 54.4 Å². The number of hydrogen-bond donors (Lipinski definition) is 2. The van der Waals surface area contributed by atoms with E-state index in [1.54, 1.807) is 12.3 Å². The molecule has 0 aliphatic carbocycles. The summed E-state index contributed by atoms with van der Waals surface area (Å²) in [6.45, 7) is 1.75. The highest BCUT2D eigenvalue weighted by atomic mass is 35.5. The molecule has 1 aromatic rings.